The van der Waals surface area contributed by atoms with E-state index in [2.05, 4.69) is 10.3 Å². The third kappa shape index (κ3) is 5.14. The number of nitrogen functional groups attached to an aromatic ring is 1. The van der Waals surface area contributed by atoms with Crippen molar-refractivity contribution in [3.8, 4) is 22.5 Å². The number of nitrogens with zero attached hydrogens (tertiary/aromatic N) is 3. The molecule has 0 bridgehead atoms. The van der Waals surface area contributed by atoms with Crippen molar-refractivity contribution in [2.24, 2.45) is 0 Å². The minimum absolute atomic E-state index is 0.0725. The molecule has 182 valence electrons. The first-order valence-electron chi connectivity index (χ1n) is 11.7. The number of aromatic nitrogens is 2. The average Bonchev–Trinajstić information content (AvgIpc) is 2.84. The summed E-state index contributed by atoms with van der Waals surface area (Å²) in [6, 6.07) is 13.6. The first-order chi connectivity index (χ1) is 16.8. The van der Waals surface area contributed by atoms with E-state index in [0.29, 0.717) is 55.2 Å². The predicted molar refractivity (Wildman–Crippen MR) is 128 cm³/mol. The highest BCUT2D eigenvalue weighted by Crippen LogP contribution is 2.32. The summed E-state index contributed by atoms with van der Waals surface area (Å²) in [5.41, 5.74) is 11.8. The van der Waals surface area contributed by atoms with E-state index < -0.39 is 12.7 Å². The fourth-order valence-corrected chi connectivity index (χ4v) is 4.93. The Morgan fingerprint density at radius 2 is 1.77 bits per heavy atom. The first kappa shape index (κ1) is 23.3. The zero-order valence-corrected chi connectivity index (χ0v) is 19.1. The van der Waals surface area contributed by atoms with Gasteiger partial charge in [-0.3, -0.25) is 9.69 Å². The number of amides is 1. The summed E-state index contributed by atoms with van der Waals surface area (Å²) < 4.78 is 37.9. The Morgan fingerprint density at radius 1 is 1.06 bits per heavy atom. The molecule has 6 nitrogen and oxygen atoms in total. The molecule has 3 N–H and O–H groups in total. The van der Waals surface area contributed by atoms with Crippen molar-refractivity contribution in [1.82, 2.24) is 20.2 Å². The molecule has 0 aliphatic carbocycles. The lowest BCUT2D eigenvalue weighted by molar-refractivity contribution is -0.147. The number of carbonyl (C=O) groups is 1. The van der Waals surface area contributed by atoms with Gasteiger partial charge in [0.25, 0.3) is 5.91 Å². The summed E-state index contributed by atoms with van der Waals surface area (Å²) in [5, 5.41) is 2.84. The van der Waals surface area contributed by atoms with Gasteiger partial charge in [-0.05, 0) is 61.5 Å². The van der Waals surface area contributed by atoms with Crippen molar-refractivity contribution in [2.45, 2.75) is 31.4 Å². The van der Waals surface area contributed by atoms with Gasteiger partial charge in [0.15, 0.2) is 0 Å². The molecular formula is C26H26F3N5O. The molecule has 0 atom stereocenters. The number of alkyl halides is 3. The minimum atomic E-state index is -4.15. The molecule has 3 aromatic rings. The Hall–Kier alpha value is -3.46. The predicted octanol–water partition coefficient (Wildman–Crippen LogP) is 4.42. The van der Waals surface area contributed by atoms with Gasteiger partial charge in [0, 0.05) is 23.2 Å². The summed E-state index contributed by atoms with van der Waals surface area (Å²) in [5.74, 6) is 0.488. The van der Waals surface area contributed by atoms with Gasteiger partial charge in [0.1, 0.15) is 11.5 Å². The van der Waals surface area contributed by atoms with Gasteiger partial charge < -0.3 is 11.1 Å². The molecule has 0 saturated carbocycles. The molecule has 0 unspecified atom stereocenters. The van der Waals surface area contributed by atoms with Crippen molar-refractivity contribution in [3.05, 3.63) is 65.4 Å². The van der Waals surface area contributed by atoms with Crippen LogP contribution in [0, 0.1) is 0 Å². The molecule has 0 spiro atoms. The van der Waals surface area contributed by atoms with E-state index in [1.54, 1.807) is 12.3 Å². The van der Waals surface area contributed by atoms with Gasteiger partial charge in [-0.2, -0.15) is 13.2 Å². The number of anilines is 1. The van der Waals surface area contributed by atoms with E-state index in [0.717, 1.165) is 28.7 Å². The van der Waals surface area contributed by atoms with Crippen LogP contribution < -0.4 is 11.1 Å². The summed E-state index contributed by atoms with van der Waals surface area (Å²) in [4.78, 5) is 22.6. The standard InChI is InChI=1S/C26H26F3N5O/c27-26(28,29)15-34-11-8-17(9-12-34)16-1-3-18(4-2-16)22-14-32-24(30)23(33-22)20-5-6-21-19(13-20)7-10-31-25(21)35/h1-6,13-14,17H,7-12,15H2,(H2,30,32)(H,31,35). The number of nitrogens with one attached hydrogen (secondary N) is 1. The molecule has 3 heterocycles. The van der Waals surface area contributed by atoms with E-state index >= 15 is 0 Å². The maximum absolute atomic E-state index is 12.6. The van der Waals surface area contributed by atoms with Crippen LogP contribution in [0.25, 0.3) is 22.5 Å². The second-order valence-corrected chi connectivity index (χ2v) is 9.15. The molecule has 1 fully saturated rings. The normalized spacial score (nSPS) is 17.2. The molecule has 5 rings (SSSR count). The van der Waals surface area contributed by atoms with Gasteiger partial charge in [0.2, 0.25) is 0 Å². The van der Waals surface area contributed by atoms with Crippen LogP contribution >= 0.6 is 0 Å². The monoisotopic (exact) mass is 481 g/mol. The fourth-order valence-electron chi connectivity index (χ4n) is 4.93. The number of hydrogen-bond donors (Lipinski definition) is 2. The third-order valence-corrected chi connectivity index (χ3v) is 6.77. The highest BCUT2D eigenvalue weighted by Gasteiger charge is 2.32. The van der Waals surface area contributed by atoms with Gasteiger partial charge in [-0.25, -0.2) is 9.97 Å². The Labute approximate surface area is 201 Å². The Bertz CT molecular complexity index is 1230. The number of carbonyl (C=O) groups excluding carboxylic acids is 1. The Balaban J connectivity index is 1.33. The van der Waals surface area contributed by atoms with Crippen molar-refractivity contribution in [2.75, 3.05) is 31.9 Å². The lowest BCUT2D eigenvalue weighted by Gasteiger charge is -2.32. The number of benzene rings is 2. The van der Waals surface area contributed by atoms with E-state index in [1.807, 2.05) is 36.4 Å². The van der Waals surface area contributed by atoms with Crippen LogP contribution in [0.15, 0.2) is 48.7 Å². The van der Waals surface area contributed by atoms with E-state index in [-0.39, 0.29) is 11.8 Å². The van der Waals surface area contributed by atoms with E-state index in [1.165, 1.54) is 4.90 Å². The summed E-state index contributed by atoms with van der Waals surface area (Å²) in [6.07, 6.45) is -0.357. The lowest BCUT2D eigenvalue weighted by Crippen LogP contribution is -2.39. The molecule has 1 saturated heterocycles. The highest BCUT2D eigenvalue weighted by molar-refractivity contribution is 5.97. The maximum atomic E-state index is 12.6. The van der Waals surface area contributed by atoms with Gasteiger partial charge >= 0.3 is 6.18 Å². The third-order valence-electron chi connectivity index (χ3n) is 6.77. The van der Waals surface area contributed by atoms with Crippen molar-refractivity contribution in [1.29, 1.82) is 0 Å². The Morgan fingerprint density at radius 3 is 2.49 bits per heavy atom. The quantitative estimate of drug-likeness (QED) is 0.576. The minimum Gasteiger partial charge on any atom is -0.382 e. The van der Waals surface area contributed by atoms with Crippen LogP contribution in [0.4, 0.5) is 19.0 Å². The van der Waals surface area contributed by atoms with Crippen LogP contribution in [0.1, 0.15) is 40.2 Å². The molecule has 0 radical (unpaired) electrons. The van der Waals surface area contributed by atoms with Crippen LogP contribution in [-0.2, 0) is 6.42 Å². The second-order valence-electron chi connectivity index (χ2n) is 9.15. The lowest BCUT2D eigenvalue weighted by atomic mass is 9.89. The zero-order valence-electron chi connectivity index (χ0n) is 19.1. The van der Waals surface area contributed by atoms with Crippen molar-refractivity contribution < 1.29 is 18.0 Å². The first-order valence-corrected chi connectivity index (χ1v) is 11.7. The molecular weight excluding hydrogens is 455 g/mol. The number of rotatable bonds is 4. The number of hydrogen-bond acceptors (Lipinski definition) is 5. The second kappa shape index (κ2) is 9.30. The largest absolute Gasteiger partial charge is 0.401 e. The summed E-state index contributed by atoms with van der Waals surface area (Å²) in [6.45, 7) is 0.654. The van der Waals surface area contributed by atoms with Gasteiger partial charge in [-0.1, -0.05) is 30.3 Å². The highest BCUT2D eigenvalue weighted by atomic mass is 19.4. The number of fused-ring (bicyclic) bond motifs is 1. The zero-order chi connectivity index (χ0) is 24.6. The smallest absolute Gasteiger partial charge is 0.382 e. The van der Waals surface area contributed by atoms with Crippen LogP contribution in [0.3, 0.4) is 0 Å². The average molecular weight is 482 g/mol. The van der Waals surface area contributed by atoms with Crippen LogP contribution in [0.5, 0.6) is 0 Å². The number of piperidine rings is 1. The topological polar surface area (TPSA) is 84.1 Å². The molecule has 1 aromatic heterocycles. The van der Waals surface area contributed by atoms with E-state index in [9.17, 15) is 18.0 Å². The number of halogens is 3. The maximum Gasteiger partial charge on any atom is 0.401 e. The molecule has 2 aliphatic rings. The van der Waals surface area contributed by atoms with Crippen LogP contribution in [0.2, 0.25) is 0 Å². The van der Waals surface area contributed by atoms with Crippen LogP contribution in [-0.4, -0.2) is 53.1 Å². The molecule has 35 heavy (non-hydrogen) atoms. The molecule has 2 aliphatic heterocycles. The number of likely N-dealkylation sites (tertiary alicyclic amines) is 1. The molecule has 2 aromatic carbocycles. The van der Waals surface area contributed by atoms with Crippen molar-refractivity contribution >= 4 is 11.7 Å². The van der Waals surface area contributed by atoms with Gasteiger partial charge in [0.05, 0.1) is 18.4 Å². The summed E-state index contributed by atoms with van der Waals surface area (Å²) >= 11 is 0. The SMILES string of the molecule is Nc1ncc(-c2ccc(C3CCN(CC(F)(F)F)CC3)cc2)nc1-c1ccc2c(c1)CCNC2=O. The van der Waals surface area contributed by atoms with Crippen molar-refractivity contribution in [3.63, 3.8) is 0 Å². The summed E-state index contributed by atoms with van der Waals surface area (Å²) in [7, 11) is 0. The number of nitrogens with two attached hydrogens (primary N) is 1. The van der Waals surface area contributed by atoms with Gasteiger partial charge in [-0.15, -0.1) is 0 Å². The molecule has 1 amide bonds. The van der Waals surface area contributed by atoms with E-state index in [4.69, 9.17) is 10.7 Å². The Kier molecular flexibility index (Phi) is 6.19. The fraction of sp³-hybridized carbons (Fsp3) is 0.346. The molecule has 9 heteroatoms.